The Morgan fingerprint density at radius 1 is 1.28 bits per heavy atom. The molecule has 8 heteroatoms. The van der Waals surface area contributed by atoms with Crippen LogP contribution in [-0.4, -0.2) is 33.2 Å². The van der Waals surface area contributed by atoms with Crippen molar-refractivity contribution >= 4 is 28.7 Å². The molecule has 0 spiro atoms. The van der Waals surface area contributed by atoms with Gasteiger partial charge in [-0.05, 0) is 18.6 Å². The highest BCUT2D eigenvalue weighted by Gasteiger charge is 2.19. The van der Waals surface area contributed by atoms with E-state index >= 15 is 0 Å². The molecule has 3 aromatic rings. The summed E-state index contributed by atoms with van der Waals surface area (Å²) in [5, 5.41) is 2.73. The summed E-state index contributed by atoms with van der Waals surface area (Å²) in [6.07, 6.45) is 0.0494. The number of carbonyl (C=O) groups excluding carboxylic acids is 2. The van der Waals surface area contributed by atoms with Gasteiger partial charge in [-0.3, -0.25) is 14.7 Å². The van der Waals surface area contributed by atoms with Gasteiger partial charge in [-0.25, -0.2) is 9.78 Å². The zero-order valence-corrected chi connectivity index (χ0v) is 13.5. The summed E-state index contributed by atoms with van der Waals surface area (Å²) in [7, 11) is 0. The molecular weight excluding hydrogens is 324 g/mol. The molecule has 0 bridgehead atoms. The molecule has 0 aliphatic rings. The van der Waals surface area contributed by atoms with Crippen molar-refractivity contribution in [3.63, 3.8) is 0 Å². The summed E-state index contributed by atoms with van der Waals surface area (Å²) in [6.45, 7) is 1.83. The molecule has 1 aromatic carbocycles. The molecular formula is C17H16N4O4. The Hall–Kier alpha value is -3.42. The molecule has 0 radical (unpaired) electrons. The molecule has 0 aliphatic heterocycles. The van der Waals surface area contributed by atoms with Crippen LogP contribution < -0.4 is 11.3 Å². The fourth-order valence-corrected chi connectivity index (χ4v) is 2.45. The van der Waals surface area contributed by atoms with Gasteiger partial charge in [0.25, 0.3) is 11.5 Å². The molecule has 0 saturated carbocycles. The first-order chi connectivity index (χ1) is 12.0. The number of ether oxygens (including phenoxy) is 1. The lowest BCUT2D eigenvalue weighted by atomic mass is 10.1. The predicted octanol–water partition coefficient (Wildman–Crippen LogP) is 1.37. The quantitative estimate of drug-likeness (QED) is 0.692. The number of H-pyrrole nitrogens is 1. The summed E-state index contributed by atoms with van der Waals surface area (Å²) in [5.74, 6) is -1.18. The van der Waals surface area contributed by atoms with Crippen molar-refractivity contribution in [1.29, 1.82) is 0 Å². The number of nitrogens with two attached hydrogens (primary N) is 1. The van der Waals surface area contributed by atoms with E-state index in [2.05, 4.69) is 10.1 Å². The van der Waals surface area contributed by atoms with E-state index in [0.717, 1.165) is 10.2 Å². The SMILES string of the molecule is CCOC(=O)c1cc2c(=O)n(C(=O)Cc3ccccc3)[nH]c2nc1N. The second kappa shape index (κ2) is 6.60. The maximum atomic E-state index is 12.5. The minimum atomic E-state index is -0.669. The average Bonchev–Trinajstić information content (AvgIpc) is 2.91. The minimum absolute atomic E-state index is 0.00638. The van der Waals surface area contributed by atoms with Crippen LogP contribution in [0.5, 0.6) is 0 Å². The van der Waals surface area contributed by atoms with Gasteiger partial charge in [-0.2, -0.15) is 4.68 Å². The van der Waals surface area contributed by atoms with Crippen molar-refractivity contribution in [2.75, 3.05) is 12.3 Å². The van der Waals surface area contributed by atoms with E-state index in [1.807, 2.05) is 18.2 Å². The summed E-state index contributed by atoms with van der Waals surface area (Å²) in [5.41, 5.74) is 6.07. The molecule has 2 heterocycles. The van der Waals surface area contributed by atoms with Gasteiger partial charge < -0.3 is 10.5 Å². The molecule has 3 N–H and O–H groups in total. The van der Waals surface area contributed by atoms with Crippen LogP contribution in [0.1, 0.15) is 27.6 Å². The van der Waals surface area contributed by atoms with Gasteiger partial charge in [-0.1, -0.05) is 30.3 Å². The number of pyridine rings is 1. The normalized spacial score (nSPS) is 10.8. The highest BCUT2D eigenvalue weighted by atomic mass is 16.5. The molecule has 0 atom stereocenters. The van der Waals surface area contributed by atoms with Gasteiger partial charge in [0.2, 0.25) is 0 Å². The van der Waals surface area contributed by atoms with Gasteiger partial charge in [0.05, 0.1) is 18.4 Å². The van der Waals surface area contributed by atoms with Crippen LogP contribution in [0.15, 0.2) is 41.2 Å². The second-order valence-corrected chi connectivity index (χ2v) is 5.35. The zero-order chi connectivity index (χ0) is 18.0. The molecule has 8 nitrogen and oxygen atoms in total. The maximum Gasteiger partial charge on any atom is 0.341 e. The van der Waals surface area contributed by atoms with Gasteiger partial charge >= 0.3 is 5.97 Å². The summed E-state index contributed by atoms with van der Waals surface area (Å²) < 4.78 is 5.76. The number of aromatic amines is 1. The Morgan fingerprint density at radius 3 is 2.68 bits per heavy atom. The van der Waals surface area contributed by atoms with E-state index in [0.29, 0.717) is 0 Å². The second-order valence-electron chi connectivity index (χ2n) is 5.35. The summed E-state index contributed by atoms with van der Waals surface area (Å²) in [6, 6.07) is 10.3. The van der Waals surface area contributed by atoms with Gasteiger partial charge in [0, 0.05) is 0 Å². The number of nitrogens with one attached hydrogen (secondary N) is 1. The number of anilines is 1. The number of rotatable bonds is 4. The van der Waals surface area contributed by atoms with Crippen molar-refractivity contribution in [2.24, 2.45) is 0 Å². The van der Waals surface area contributed by atoms with Crippen LogP contribution >= 0.6 is 0 Å². The molecule has 0 saturated heterocycles. The van der Waals surface area contributed by atoms with Crippen molar-refractivity contribution < 1.29 is 14.3 Å². The predicted molar refractivity (Wildman–Crippen MR) is 91.5 cm³/mol. The van der Waals surface area contributed by atoms with Gasteiger partial charge in [0.15, 0.2) is 5.65 Å². The number of esters is 1. The molecule has 2 aromatic heterocycles. The minimum Gasteiger partial charge on any atom is -0.462 e. The standard InChI is InChI=1S/C17H16N4O4/c1-2-25-17(24)11-9-12-15(19-14(11)18)20-21(16(12)23)13(22)8-10-6-4-3-5-7-10/h3-7,9H,2,8H2,1H3,(H3,18,19,20). The van der Waals surface area contributed by atoms with Crippen molar-refractivity contribution in [3.8, 4) is 0 Å². The number of hydrogen-bond acceptors (Lipinski definition) is 6. The number of fused-ring (bicyclic) bond motifs is 1. The van der Waals surface area contributed by atoms with Crippen LogP contribution in [0.2, 0.25) is 0 Å². The van der Waals surface area contributed by atoms with Crippen LogP contribution in [-0.2, 0) is 11.2 Å². The lowest BCUT2D eigenvalue weighted by Gasteiger charge is -2.03. The van der Waals surface area contributed by atoms with Crippen LogP contribution in [0.25, 0.3) is 11.0 Å². The Morgan fingerprint density at radius 2 is 2.00 bits per heavy atom. The van der Waals surface area contributed by atoms with Gasteiger partial charge in [0.1, 0.15) is 11.4 Å². The largest absolute Gasteiger partial charge is 0.462 e. The first kappa shape index (κ1) is 16.4. The third-order valence-electron chi connectivity index (χ3n) is 3.65. The van der Waals surface area contributed by atoms with E-state index in [9.17, 15) is 14.4 Å². The van der Waals surface area contributed by atoms with E-state index < -0.39 is 17.4 Å². The maximum absolute atomic E-state index is 12.5. The van der Waals surface area contributed by atoms with E-state index in [-0.39, 0.29) is 35.4 Å². The molecule has 0 amide bonds. The smallest absolute Gasteiger partial charge is 0.341 e. The third-order valence-corrected chi connectivity index (χ3v) is 3.65. The van der Waals surface area contributed by atoms with Crippen molar-refractivity contribution in [1.82, 2.24) is 14.8 Å². The van der Waals surface area contributed by atoms with E-state index in [4.69, 9.17) is 10.5 Å². The molecule has 3 rings (SSSR count). The van der Waals surface area contributed by atoms with Crippen LogP contribution in [0.3, 0.4) is 0 Å². The Balaban J connectivity index is 2.01. The van der Waals surface area contributed by atoms with E-state index in [1.165, 1.54) is 6.07 Å². The zero-order valence-electron chi connectivity index (χ0n) is 13.5. The summed E-state index contributed by atoms with van der Waals surface area (Å²) >= 11 is 0. The molecule has 128 valence electrons. The molecule has 25 heavy (non-hydrogen) atoms. The van der Waals surface area contributed by atoms with Crippen LogP contribution in [0, 0.1) is 0 Å². The lowest BCUT2D eigenvalue weighted by molar-refractivity contribution is 0.0527. The summed E-state index contributed by atoms with van der Waals surface area (Å²) in [4.78, 5) is 40.7. The Labute approximate surface area is 142 Å². The Kier molecular flexibility index (Phi) is 4.34. The highest BCUT2D eigenvalue weighted by Crippen LogP contribution is 2.16. The fourth-order valence-electron chi connectivity index (χ4n) is 2.45. The fraction of sp³-hybridized carbons (Fsp3) is 0.176. The van der Waals surface area contributed by atoms with Crippen LogP contribution in [0.4, 0.5) is 5.82 Å². The first-order valence-electron chi connectivity index (χ1n) is 7.66. The number of carbonyl (C=O) groups is 2. The first-order valence-corrected chi connectivity index (χ1v) is 7.66. The Bertz CT molecular complexity index is 1000. The molecule has 0 fully saturated rings. The number of nitrogens with zero attached hydrogens (tertiary/aromatic N) is 2. The monoisotopic (exact) mass is 340 g/mol. The number of nitrogen functional groups attached to an aromatic ring is 1. The number of aromatic nitrogens is 3. The lowest BCUT2D eigenvalue weighted by Crippen LogP contribution is -2.26. The van der Waals surface area contributed by atoms with Gasteiger partial charge in [-0.15, -0.1) is 0 Å². The van der Waals surface area contributed by atoms with E-state index in [1.54, 1.807) is 19.1 Å². The molecule has 0 aliphatic carbocycles. The highest BCUT2D eigenvalue weighted by molar-refractivity contribution is 5.98. The number of benzene rings is 1. The van der Waals surface area contributed by atoms with Crippen molar-refractivity contribution in [2.45, 2.75) is 13.3 Å². The molecule has 0 unspecified atom stereocenters. The average molecular weight is 340 g/mol. The number of hydrogen-bond donors (Lipinski definition) is 2. The third kappa shape index (κ3) is 3.14. The topological polar surface area (TPSA) is 120 Å². The van der Waals surface area contributed by atoms with Crippen molar-refractivity contribution in [3.05, 3.63) is 57.9 Å².